The van der Waals surface area contributed by atoms with Gasteiger partial charge in [-0.2, -0.15) is 0 Å². The van der Waals surface area contributed by atoms with Crippen LogP contribution >= 0.6 is 0 Å². The zero-order chi connectivity index (χ0) is 28.6. The van der Waals surface area contributed by atoms with Crippen molar-refractivity contribution in [2.75, 3.05) is 32.7 Å². The van der Waals surface area contributed by atoms with Gasteiger partial charge in [0.1, 0.15) is 23.6 Å². The van der Waals surface area contributed by atoms with Crippen LogP contribution in [0.4, 0.5) is 4.79 Å². The van der Waals surface area contributed by atoms with E-state index in [4.69, 9.17) is 25.7 Å². The molecule has 0 bridgehead atoms. The Morgan fingerprint density at radius 1 is 1.23 bits per heavy atom. The minimum absolute atomic E-state index is 0.177. The average molecular weight is 556 g/mol. The quantitative estimate of drug-likeness (QED) is 0.219. The lowest BCUT2D eigenvalue weighted by atomic mass is 9.86. The fourth-order valence-electron chi connectivity index (χ4n) is 5.25. The third-order valence-corrected chi connectivity index (χ3v) is 7.34. The summed E-state index contributed by atoms with van der Waals surface area (Å²) in [6, 6.07) is -0.842. The zero-order valence-electron chi connectivity index (χ0n) is 23.6. The molecule has 12 nitrogen and oxygen atoms in total. The van der Waals surface area contributed by atoms with E-state index in [1.165, 1.54) is 0 Å². The number of amides is 2. The van der Waals surface area contributed by atoms with Gasteiger partial charge in [-0.15, -0.1) is 0 Å². The molecule has 0 aromatic rings. The van der Waals surface area contributed by atoms with Crippen LogP contribution in [0.5, 0.6) is 0 Å². The molecular formula is C27H49N5O7. The van der Waals surface area contributed by atoms with E-state index < -0.39 is 42.2 Å². The highest BCUT2D eigenvalue weighted by molar-refractivity contribution is 5.80. The van der Waals surface area contributed by atoms with Crippen LogP contribution in [-0.2, 0) is 19.0 Å². The second kappa shape index (κ2) is 14.6. The van der Waals surface area contributed by atoms with E-state index in [-0.39, 0.29) is 31.5 Å². The molecule has 2 fully saturated rings. The van der Waals surface area contributed by atoms with Crippen LogP contribution in [0.3, 0.4) is 0 Å². The van der Waals surface area contributed by atoms with Crippen molar-refractivity contribution < 1.29 is 34.0 Å². The van der Waals surface area contributed by atoms with Gasteiger partial charge in [0.25, 0.3) is 0 Å². The standard InChI is InChI=1S/C27H49N5O7/c1-27(2,3)39-26(36)32-11-8-17(9-12-32)15-30-16-19-5-4-6-23(37-19)38-24-20(29)13-18(14-22(24)34)31-25(35)21(33)7-10-28/h5,17-18,20-24,30,33-34H,4,6-16,28-29H2,1-3H3,(H,31,35)/t18-,20+,21-,22-,23-,24-/m1/s1. The molecule has 1 saturated heterocycles. The van der Waals surface area contributed by atoms with Crippen molar-refractivity contribution in [2.24, 2.45) is 17.4 Å². The van der Waals surface area contributed by atoms with Crippen molar-refractivity contribution >= 4 is 12.0 Å². The highest BCUT2D eigenvalue weighted by Crippen LogP contribution is 2.27. The molecule has 8 N–H and O–H groups in total. The van der Waals surface area contributed by atoms with Crippen molar-refractivity contribution in [3.63, 3.8) is 0 Å². The normalized spacial score (nSPS) is 29.3. The molecule has 0 aromatic carbocycles. The smallest absolute Gasteiger partial charge is 0.410 e. The summed E-state index contributed by atoms with van der Waals surface area (Å²) < 4.78 is 17.6. The number of nitrogens with two attached hydrogens (primary N) is 2. The number of carbonyl (C=O) groups is 2. The van der Waals surface area contributed by atoms with Gasteiger partial charge >= 0.3 is 6.09 Å². The summed E-state index contributed by atoms with van der Waals surface area (Å²) in [5.74, 6) is 0.770. The van der Waals surface area contributed by atoms with Gasteiger partial charge < -0.3 is 51.4 Å². The van der Waals surface area contributed by atoms with Crippen LogP contribution in [0.1, 0.15) is 65.7 Å². The highest BCUT2D eigenvalue weighted by atomic mass is 16.7. The summed E-state index contributed by atoms with van der Waals surface area (Å²) in [7, 11) is 0. The first kappa shape index (κ1) is 31.6. The van der Waals surface area contributed by atoms with Gasteiger partial charge in [-0.25, -0.2) is 4.79 Å². The number of ether oxygens (including phenoxy) is 3. The van der Waals surface area contributed by atoms with Gasteiger partial charge in [-0.3, -0.25) is 4.79 Å². The molecule has 1 saturated carbocycles. The van der Waals surface area contributed by atoms with E-state index in [0.717, 1.165) is 31.6 Å². The number of piperidine rings is 1. The van der Waals surface area contributed by atoms with Gasteiger partial charge in [0.05, 0.1) is 12.6 Å². The maximum Gasteiger partial charge on any atom is 0.410 e. The monoisotopic (exact) mass is 555 g/mol. The first-order valence-electron chi connectivity index (χ1n) is 14.3. The Morgan fingerprint density at radius 2 is 1.95 bits per heavy atom. The Hall–Kier alpha value is -1.96. The van der Waals surface area contributed by atoms with Gasteiger partial charge in [-0.1, -0.05) is 0 Å². The number of nitrogens with zero attached hydrogens (tertiary/aromatic N) is 1. The number of hydrogen-bond acceptors (Lipinski definition) is 10. The third-order valence-electron chi connectivity index (χ3n) is 7.34. The minimum atomic E-state index is -1.17. The third kappa shape index (κ3) is 10.2. The number of allylic oxidation sites excluding steroid dienone is 1. The molecule has 224 valence electrons. The zero-order valence-corrected chi connectivity index (χ0v) is 23.6. The summed E-state index contributed by atoms with van der Waals surface area (Å²) in [5.41, 5.74) is 11.2. The Morgan fingerprint density at radius 3 is 2.59 bits per heavy atom. The van der Waals surface area contributed by atoms with Crippen molar-refractivity contribution in [3.8, 4) is 0 Å². The molecule has 2 aliphatic heterocycles. The molecule has 6 atom stereocenters. The van der Waals surface area contributed by atoms with Gasteiger partial charge in [0.15, 0.2) is 6.29 Å². The van der Waals surface area contributed by atoms with Crippen LogP contribution in [-0.4, -0.2) is 102 Å². The Kier molecular flexibility index (Phi) is 11.8. The highest BCUT2D eigenvalue weighted by Gasteiger charge is 2.39. The number of likely N-dealkylation sites (tertiary alicyclic amines) is 1. The first-order valence-corrected chi connectivity index (χ1v) is 14.3. The molecule has 12 heteroatoms. The van der Waals surface area contributed by atoms with Gasteiger partial charge in [0.2, 0.25) is 5.91 Å². The molecule has 3 aliphatic rings. The van der Waals surface area contributed by atoms with E-state index in [1.54, 1.807) is 4.90 Å². The summed E-state index contributed by atoms with van der Waals surface area (Å²) >= 11 is 0. The van der Waals surface area contributed by atoms with Crippen molar-refractivity contribution in [1.82, 2.24) is 15.5 Å². The maximum atomic E-state index is 12.3. The molecule has 0 aromatic heterocycles. The second-order valence-electron chi connectivity index (χ2n) is 11.9. The lowest BCUT2D eigenvalue weighted by Crippen LogP contribution is -2.57. The SMILES string of the molecule is CC(C)(C)OC(=O)N1CCC(CNCC2=CCC[C@@H](O[C@H]3[C@H](O)C[C@H](NC(=O)[C@H](O)CCN)C[C@@H]3N)O2)CC1. The van der Waals surface area contributed by atoms with Crippen molar-refractivity contribution in [2.45, 2.75) is 108 Å². The number of aliphatic hydroxyl groups is 2. The fraction of sp³-hybridized carbons (Fsp3) is 0.852. The van der Waals surface area contributed by atoms with E-state index in [2.05, 4.69) is 10.6 Å². The lowest BCUT2D eigenvalue weighted by Gasteiger charge is -2.40. The summed E-state index contributed by atoms with van der Waals surface area (Å²) in [6.45, 7) is 8.62. The average Bonchev–Trinajstić information content (AvgIpc) is 2.86. The number of hydrogen-bond donors (Lipinski definition) is 6. The van der Waals surface area contributed by atoms with Crippen molar-refractivity contribution in [1.29, 1.82) is 0 Å². The maximum absolute atomic E-state index is 12.3. The second-order valence-corrected chi connectivity index (χ2v) is 11.9. The number of nitrogens with one attached hydrogen (secondary N) is 2. The molecule has 0 radical (unpaired) electrons. The predicted octanol–water partition coefficient (Wildman–Crippen LogP) is 0.305. The lowest BCUT2D eigenvalue weighted by molar-refractivity contribution is -0.196. The topological polar surface area (TPSA) is 182 Å². The van der Waals surface area contributed by atoms with Crippen LogP contribution in [0.25, 0.3) is 0 Å². The van der Waals surface area contributed by atoms with Crippen LogP contribution in [0.15, 0.2) is 11.8 Å². The minimum Gasteiger partial charge on any atom is -0.468 e. The number of rotatable bonds is 10. The van der Waals surface area contributed by atoms with Crippen LogP contribution in [0, 0.1) is 5.92 Å². The van der Waals surface area contributed by atoms with Crippen LogP contribution in [0.2, 0.25) is 0 Å². The van der Waals surface area contributed by atoms with E-state index >= 15 is 0 Å². The molecule has 39 heavy (non-hydrogen) atoms. The van der Waals surface area contributed by atoms with Gasteiger partial charge in [0, 0.05) is 31.6 Å². The number of aliphatic hydroxyl groups excluding tert-OH is 2. The Balaban J connectivity index is 1.36. The van der Waals surface area contributed by atoms with Crippen LogP contribution < -0.4 is 22.1 Å². The molecular weight excluding hydrogens is 506 g/mol. The van der Waals surface area contributed by atoms with Gasteiger partial charge in [-0.05, 0) is 84.4 Å². The Labute approximate surface area is 231 Å². The Bertz CT molecular complexity index is 816. The molecule has 3 rings (SSSR count). The molecule has 2 heterocycles. The predicted molar refractivity (Wildman–Crippen MR) is 145 cm³/mol. The van der Waals surface area contributed by atoms with E-state index in [0.29, 0.717) is 38.4 Å². The van der Waals surface area contributed by atoms with E-state index in [1.807, 2.05) is 26.8 Å². The molecule has 2 amide bonds. The molecule has 0 spiro atoms. The summed E-state index contributed by atoms with van der Waals surface area (Å²) in [6.07, 6.45) is 2.83. The van der Waals surface area contributed by atoms with E-state index in [9.17, 15) is 19.8 Å². The molecule has 0 unspecified atom stereocenters. The fourth-order valence-corrected chi connectivity index (χ4v) is 5.25. The summed E-state index contributed by atoms with van der Waals surface area (Å²) in [4.78, 5) is 26.1. The largest absolute Gasteiger partial charge is 0.468 e. The number of carbonyl (C=O) groups excluding carboxylic acids is 2. The van der Waals surface area contributed by atoms with Crippen molar-refractivity contribution in [3.05, 3.63) is 11.8 Å². The first-order chi connectivity index (χ1) is 18.4. The molecule has 1 aliphatic carbocycles. The summed E-state index contributed by atoms with van der Waals surface area (Å²) in [5, 5.41) is 26.7.